The normalized spacial score (nSPS) is 17.1. The van der Waals surface area contributed by atoms with Crippen molar-refractivity contribution >= 4 is 61.6 Å². The summed E-state index contributed by atoms with van der Waals surface area (Å²) >= 11 is 0.609. The molecule has 414 valence electrons. The fourth-order valence-corrected chi connectivity index (χ4v) is 26.5. The van der Waals surface area contributed by atoms with Crippen molar-refractivity contribution in [3.8, 4) is 11.1 Å². The summed E-state index contributed by atoms with van der Waals surface area (Å²) in [4.78, 5) is 55.9. The molecule has 0 bridgehead atoms. The van der Waals surface area contributed by atoms with Crippen molar-refractivity contribution in [3.63, 3.8) is 0 Å². The van der Waals surface area contributed by atoms with Gasteiger partial charge in [0.25, 0.3) is 11.8 Å². The summed E-state index contributed by atoms with van der Waals surface area (Å²) < 4.78 is 62.6. The predicted molar refractivity (Wildman–Crippen MR) is 309 cm³/mol. The SMILES string of the molecule is CCC[CH2][Sn]([CH2]CCC)([CH2]CCC)[c]1cnccc1F.CCc1cc(C2(c3ccc(F)c(-c4cnccc4F)c3)N=C(N)N(C)C2=O)cc(CC)n1.CCc1cc(C2(c3ccc(F)c(Br)c3)N=C(N)N(C)C2=O)cc(CC)n1. The Morgan fingerprint density at radius 1 is 0.513 bits per heavy atom. The number of carbonyl (C=O) groups is 2. The van der Waals surface area contributed by atoms with Gasteiger partial charge in [-0.05, 0) is 118 Å². The molecular weight excluding hydrogens is 1170 g/mol. The number of unbranched alkanes of at least 4 members (excludes halogenated alkanes) is 3. The van der Waals surface area contributed by atoms with Gasteiger partial charge in [-0.3, -0.25) is 34.3 Å². The molecule has 0 fully saturated rings. The van der Waals surface area contributed by atoms with Crippen LogP contribution in [0.15, 0.2) is 112 Å². The Morgan fingerprint density at radius 3 is 1.28 bits per heavy atom. The molecule has 2 atom stereocenters. The van der Waals surface area contributed by atoms with E-state index in [1.165, 1.54) is 105 Å². The van der Waals surface area contributed by atoms with Gasteiger partial charge in [-0.2, -0.15) is 0 Å². The van der Waals surface area contributed by atoms with Crippen molar-refractivity contribution < 1.29 is 27.2 Å². The number of nitrogens with two attached hydrogens (primary N) is 2. The van der Waals surface area contributed by atoms with E-state index in [-0.39, 0.29) is 45.2 Å². The van der Waals surface area contributed by atoms with E-state index in [0.717, 1.165) is 45.3 Å². The standard InChI is InChI=1S/C24H23F2N5O.C19H20BrFN4O.C5H3FN.3C4H9.Sn/c1-4-16-10-15(11-17(5-2)29-16)24(22(32)31(3)23(27)30-24)14-6-7-20(25)18(12-14)19-13-28-9-8-21(19)26;1-4-13-8-12(9-14(5-2)23-13)19(17(26)25(3)18(22)24-19)11-6-7-16(21)15(20)10-11;6-5-1-3-7-4-2-5;3*1-3-4-2;/h6-13H,4-5H2,1-3H3,(H2,27,30);6-10H,4-5H2,1-3H3,(H2,22,24);1,3-4H;3*1,3-4H2,2H3;. The van der Waals surface area contributed by atoms with Gasteiger partial charge >= 0.3 is 128 Å². The molecule has 4 N–H and O–H groups in total. The molecule has 2 amide bonds. The molecule has 6 aromatic rings. The minimum Gasteiger partial charge on any atom is -0.369 e. The second-order valence-electron chi connectivity index (χ2n) is 19.8. The van der Waals surface area contributed by atoms with Crippen molar-refractivity contribution in [2.24, 2.45) is 21.5 Å². The second-order valence-corrected chi connectivity index (χ2v) is 33.8. The van der Waals surface area contributed by atoms with E-state index >= 15 is 0 Å². The van der Waals surface area contributed by atoms with Crippen LogP contribution >= 0.6 is 15.9 Å². The largest absolute Gasteiger partial charge is 0.369 e. The first-order valence-electron chi connectivity index (χ1n) is 27.1. The summed E-state index contributed by atoms with van der Waals surface area (Å²) in [5.74, 6) is -2.11. The number of likely N-dealkylation sites (N-methyl/N-ethyl adjacent to an activating group) is 2. The molecule has 0 radical (unpaired) electrons. The van der Waals surface area contributed by atoms with Gasteiger partial charge in [0.15, 0.2) is 23.0 Å². The van der Waals surface area contributed by atoms with E-state index < -0.39 is 46.9 Å². The maximum absolute atomic E-state index is 14.8. The van der Waals surface area contributed by atoms with Gasteiger partial charge in [-0.15, -0.1) is 0 Å². The molecule has 0 saturated carbocycles. The number of nitrogens with zero attached hydrogens (tertiary/aromatic N) is 8. The van der Waals surface area contributed by atoms with Crippen molar-refractivity contribution in [1.29, 1.82) is 0 Å². The van der Waals surface area contributed by atoms with E-state index in [9.17, 15) is 27.2 Å². The van der Waals surface area contributed by atoms with Crippen LogP contribution in [0.4, 0.5) is 17.6 Å². The van der Waals surface area contributed by atoms with Crippen LogP contribution < -0.4 is 15.0 Å². The average Bonchev–Trinajstić information content (AvgIpc) is 4.09. The molecule has 18 heteroatoms. The number of pyridine rings is 4. The Morgan fingerprint density at radius 2 is 0.910 bits per heavy atom. The molecule has 0 saturated heterocycles. The molecule has 12 nitrogen and oxygen atoms in total. The number of aryl methyl sites for hydroxylation is 4. The predicted octanol–water partition coefficient (Wildman–Crippen LogP) is 12.0. The van der Waals surface area contributed by atoms with Crippen LogP contribution in [0.25, 0.3) is 11.1 Å². The second kappa shape index (κ2) is 27.2. The molecule has 78 heavy (non-hydrogen) atoms. The van der Waals surface area contributed by atoms with Gasteiger partial charge in [0.1, 0.15) is 17.5 Å². The molecule has 0 spiro atoms. The van der Waals surface area contributed by atoms with Gasteiger partial charge in [-0.25, -0.2) is 23.2 Å². The molecule has 6 heterocycles. The number of carbonyl (C=O) groups excluding carboxylic acids is 2. The minimum absolute atomic E-state index is 0.00373. The Bertz CT molecular complexity index is 3090. The van der Waals surface area contributed by atoms with Gasteiger partial charge in [0.2, 0.25) is 0 Å². The van der Waals surface area contributed by atoms with E-state index in [1.807, 2.05) is 58.2 Å². The number of hydrogen-bond donors (Lipinski definition) is 2. The first-order chi connectivity index (χ1) is 37.3. The summed E-state index contributed by atoms with van der Waals surface area (Å²) in [6, 6.07) is 18.7. The zero-order valence-electron chi connectivity index (χ0n) is 46.4. The molecule has 8 rings (SSSR count). The quantitative estimate of drug-likeness (QED) is 0.0596. The molecule has 0 aliphatic carbocycles. The number of halogens is 5. The topological polar surface area (TPSA) is 169 Å². The van der Waals surface area contributed by atoms with Crippen LogP contribution in [0.2, 0.25) is 13.3 Å². The van der Waals surface area contributed by atoms with Gasteiger partial charge in [0, 0.05) is 60.4 Å². The molecule has 2 aromatic carbocycles. The Kier molecular flexibility index (Phi) is 21.3. The van der Waals surface area contributed by atoms with Crippen LogP contribution in [0.5, 0.6) is 0 Å². The third kappa shape index (κ3) is 12.8. The zero-order chi connectivity index (χ0) is 57.0. The number of amides is 2. The van der Waals surface area contributed by atoms with Crippen LogP contribution in [-0.2, 0) is 46.4 Å². The number of aromatic nitrogens is 4. The summed E-state index contributed by atoms with van der Waals surface area (Å²) in [6.07, 6.45) is 16.2. The third-order valence-corrected chi connectivity index (χ3v) is 30.9. The molecule has 4 aromatic heterocycles. The van der Waals surface area contributed by atoms with E-state index in [4.69, 9.17) is 11.5 Å². The molecule has 2 aliphatic heterocycles. The number of rotatable bonds is 19. The van der Waals surface area contributed by atoms with Crippen molar-refractivity contribution in [2.45, 2.75) is 137 Å². The van der Waals surface area contributed by atoms with Crippen LogP contribution in [-0.4, -0.2) is 85.9 Å². The third-order valence-electron chi connectivity index (χ3n) is 14.8. The van der Waals surface area contributed by atoms with E-state index in [0.29, 0.717) is 35.1 Å². The van der Waals surface area contributed by atoms with Crippen LogP contribution in [0.1, 0.15) is 132 Å². The molecular formula is C60H73BrF4N10O2Sn. The maximum atomic E-state index is 14.8. The van der Waals surface area contributed by atoms with Crippen LogP contribution in [0.3, 0.4) is 0 Å². The number of aliphatic imine (C=N–C) groups is 2. The fraction of sp³-hybridized carbons (Fsp3) is 0.400. The van der Waals surface area contributed by atoms with Crippen LogP contribution in [0, 0.1) is 23.3 Å². The van der Waals surface area contributed by atoms with Crippen molar-refractivity contribution in [1.82, 2.24) is 29.7 Å². The van der Waals surface area contributed by atoms with Gasteiger partial charge in [0.05, 0.1) is 4.47 Å². The van der Waals surface area contributed by atoms with E-state index in [1.54, 1.807) is 31.4 Å². The number of guanidine groups is 2. The zero-order valence-corrected chi connectivity index (χ0v) is 50.8. The van der Waals surface area contributed by atoms with Gasteiger partial charge in [-0.1, -0.05) is 39.8 Å². The van der Waals surface area contributed by atoms with Gasteiger partial charge < -0.3 is 11.5 Å². The first-order valence-corrected chi connectivity index (χ1v) is 35.3. The number of benzene rings is 2. The maximum Gasteiger partial charge on any atom is 0.266 e. The minimum atomic E-state index is -2.60. The van der Waals surface area contributed by atoms with E-state index in [2.05, 4.69) is 66.6 Å². The Labute approximate surface area is 469 Å². The summed E-state index contributed by atoms with van der Waals surface area (Å²) in [5, 5.41) is 0. The van der Waals surface area contributed by atoms with Crippen molar-refractivity contribution in [2.75, 3.05) is 14.1 Å². The summed E-state index contributed by atoms with van der Waals surface area (Å²) in [5.41, 5.74) is 14.7. The Balaban J connectivity index is 0.000000195. The monoisotopic (exact) mass is 1240 g/mol. The smallest absolute Gasteiger partial charge is 0.266 e. The van der Waals surface area contributed by atoms with Crippen molar-refractivity contribution in [3.05, 3.63) is 170 Å². The molecule has 2 aliphatic rings. The Hall–Kier alpha value is -6.08. The fourth-order valence-electron chi connectivity index (χ4n) is 10.2. The summed E-state index contributed by atoms with van der Waals surface area (Å²) in [7, 11) is 3.13. The average molecular weight is 1240 g/mol. The molecule has 2 unspecified atom stereocenters. The number of hydrogen-bond acceptors (Lipinski definition) is 10. The first kappa shape index (κ1) is 61.1. The summed E-state index contributed by atoms with van der Waals surface area (Å²) in [6.45, 7) is 14.7.